The van der Waals surface area contributed by atoms with Gasteiger partial charge in [0.15, 0.2) is 11.2 Å². The lowest BCUT2D eigenvalue weighted by Crippen LogP contribution is -2.45. The standard InChI is InChI=1S/C19H19N3O4S/c1-3-26-18(25)19(10-20)14-5-4-12(11(2)23)8-22(14)16(17(21)24)15(19)13-6-7-27-9-13/h4-9,14-16H,3H2,1-2H3,(H2,21,24)/t14-,15+,16-,19+/m0/s1. The fourth-order valence-corrected chi connectivity index (χ4v) is 4.62. The van der Waals surface area contributed by atoms with Gasteiger partial charge in [-0.1, -0.05) is 12.2 Å². The lowest BCUT2D eigenvalue weighted by molar-refractivity contribution is -0.153. The second kappa shape index (κ2) is 7.00. The van der Waals surface area contributed by atoms with Crippen molar-refractivity contribution in [3.63, 3.8) is 0 Å². The molecule has 4 atom stereocenters. The van der Waals surface area contributed by atoms with E-state index in [1.54, 1.807) is 35.4 Å². The van der Waals surface area contributed by atoms with Gasteiger partial charge in [0.1, 0.15) is 6.04 Å². The van der Waals surface area contributed by atoms with Gasteiger partial charge in [-0.3, -0.25) is 14.4 Å². The van der Waals surface area contributed by atoms with Gasteiger partial charge in [-0.25, -0.2) is 0 Å². The zero-order chi connectivity index (χ0) is 19.8. The van der Waals surface area contributed by atoms with E-state index in [2.05, 4.69) is 6.07 Å². The summed E-state index contributed by atoms with van der Waals surface area (Å²) < 4.78 is 5.24. The predicted molar refractivity (Wildman–Crippen MR) is 98.3 cm³/mol. The van der Waals surface area contributed by atoms with Crippen LogP contribution in [0.3, 0.4) is 0 Å². The van der Waals surface area contributed by atoms with Gasteiger partial charge < -0.3 is 15.4 Å². The van der Waals surface area contributed by atoms with Crippen molar-refractivity contribution in [1.82, 2.24) is 4.90 Å². The summed E-state index contributed by atoms with van der Waals surface area (Å²) in [6.07, 6.45) is 4.70. The Balaban J connectivity index is 2.26. The first-order valence-corrected chi connectivity index (χ1v) is 9.41. The molecule has 0 saturated carbocycles. The molecule has 1 aromatic heterocycles. The van der Waals surface area contributed by atoms with Crippen LogP contribution in [-0.4, -0.2) is 41.3 Å². The van der Waals surface area contributed by atoms with Gasteiger partial charge in [0.2, 0.25) is 5.91 Å². The molecule has 3 heterocycles. The van der Waals surface area contributed by atoms with Crippen molar-refractivity contribution < 1.29 is 19.1 Å². The summed E-state index contributed by atoms with van der Waals surface area (Å²) in [6.45, 7) is 3.17. The van der Waals surface area contributed by atoms with Crippen molar-refractivity contribution in [3.8, 4) is 6.07 Å². The third-order valence-corrected chi connectivity index (χ3v) is 5.76. The third kappa shape index (κ3) is 2.75. The lowest BCUT2D eigenvalue weighted by Gasteiger charge is -2.32. The number of ether oxygens (including phenoxy) is 1. The lowest BCUT2D eigenvalue weighted by atomic mass is 9.69. The van der Waals surface area contributed by atoms with Crippen LogP contribution in [0.5, 0.6) is 0 Å². The summed E-state index contributed by atoms with van der Waals surface area (Å²) in [5.74, 6) is -2.38. The number of Topliss-reactive ketones (excluding diaryl/α,β-unsaturated/α-hetero) is 1. The van der Waals surface area contributed by atoms with Crippen molar-refractivity contribution in [2.45, 2.75) is 31.8 Å². The second-order valence-corrected chi connectivity index (χ2v) is 7.25. The van der Waals surface area contributed by atoms with Crippen molar-refractivity contribution in [2.24, 2.45) is 11.1 Å². The first-order valence-electron chi connectivity index (χ1n) is 8.46. The highest BCUT2D eigenvalue weighted by Gasteiger charge is 2.66. The van der Waals surface area contributed by atoms with Crippen molar-refractivity contribution in [2.75, 3.05) is 6.61 Å². The van der Waals surface area contributed by atoms with Crippen LogP contribution >= 0.6 is 11.3 Å². The number of hydrogen-bond acceptors (Lipinski definition) is 7. The minimum Gasteiger partial charge on any atom is -0.465 e. The van der Waals surface area contributed by atoms with Crippen LogP contribution < -0.4 is 5.73 Å². The molecule has 1 amide bonds. The number of fused-ring (bicyclic) bond motifs is 1. The predicted octanol–water partition coefficient (Wildman–Crippen LogP) is 1.49. The largest absolute Gasteiger partial charge is 0.465 e. The van der Waals surface area contributed by atoms with Crippen LogP contribution in [-0.2, 0) is 19.1 Å². The van der Waals surface area contributed by atoms with Gasteiger partial charge in [-0.05, 0) is 36.2 Å². The van der Waals surface area contributed by atoms with Crippen LogP contribution in [0.1, 0.15) is 25.3 Å². The maximum absolute atomic E-state index is 13.0. The fraction of sp³-hybridized carbons (Fsp3) is 0.368. The highest BCUT2D eigenvalue weighted by Crippen LogP contribution is 2.54. The number of nitrogens with zero attached hydrogens (tertiary/aromatic N) is 2. The molecule has 2 aliphatic heterocycles. The molecule has 0 aromatic carbocycles. The first kappa shape index (κ1) is 18.9. The SMILES string of the molecule is CCOC(=O)[C@@]1(C#N)[C@H](c2ccsc2)[C@@H](C(N)=O)N2C=C(C(C)=O)C=C[C@H]21. The number of carbonyl (C=O) groups is 3. The van der Waals surface area contributed by atoms with Crippen LogP contribution in [0.15, 0.2) is 40.8 Å². The molecule has 1 fully saturated rings. The molecule has 140 valence electrons. The van der Waals surface area contributed by atoms with Crippen molar-refractivity contribution in [3.05, 3.63) is 46.3 Å². The van der Waals surface area contributed by atoms with E-state index < -0.39 is 35.3 Å². The van der Waals surface area contributed by atoms with Gasteiger partial charge in [-0.2, -0.15) is 16.6 Å². The van der Waals surface area contributed by atoms with E-state index in [9.17, 15) is 19.6 Å². The third-order valence-electron chi connectivity index (χ3n) is 5.06. The minimum absolute atomic E-state index is 0.102. The topological polar surface area (TPSA) is 113 Å². The Morgan fingerprint density at radius 2 is 2.19 bits per heavy atom. The zero-order valence-electron chi connectivity index (χ0n) is 14.9. The maximum Gasteiger partial charge on any atom is 0.329 e. The molecule has 8 heteroatoms. The number of esters is 1. The smallest absolute Gasteiger partial charge is 0.329 e. The summed E-state index contributed by atoms with van der Waals surface area (Å²) in [7, 11) is 0. The number of ketones is 1. The molecule has 0 bridgehead atoms. The number of thiophene rings is 1. The summed E-state index contributed by atoms with van der Waals surface area (Å²) in [6, 6.07) is 2.18. The highest BCUT2D eigenvalue weighted by molar-refractivity contribution is 7.08. The Labute approximate surface area is 160 Å². The minimum atomic E-state index is -1.66. The molecule has 1 saturated heterocycles. The Morgan fingerprint density at radius 1 is 1.44 bits per heavy atom. The summed E-state index contributed by atoms with van der Waals surface area (Å²) in [5.41, 5.74) is 5.08. The van der Waals surface area contributed by atoms with E-state index in [1.807, 2.05) is 5.38 Å². The first-order chi connectivity index (χ1) is 12.9. The summed E-state index contributed by atoms with van der Waals surface area (Å²) in [4.78, 5) is 38.8. The van der Waals surface area contributed by atoms with Gasteiger partial charge in [0.25, 0.3) is 0 Å². The normalized spacial score (nSPS) is 28.9. The van der Waals surface area contributed by atoms with Crippen LogP contribution in [0.25, 0.3) is 0 Å². The van der Waals surface area contributed by atoms with Crippen molar-refractivity contribution >= 4 is 29.0 Å². The Hall–Kier alpha value is -2.92. The van der Waals surface area contributed by atoms with Crippen LogP contribution in [0.4, 0.5) is 0 Å². The molecular weight excluding hydrogens is 366 g/mol. The average Bonchev–Trinajstić information content (AvgIpc) is 3.25. The number of hydrogen-bond donors (Lipinski definition) is 1. The number of carbonyl (C=O) groups excluding carboxylic acids is 3. The van der Waals surface area contributed by atoms with E-state index in [0.717, 1.165) is 0 Å². The molecule has 3 rings (SSSR count). The van der Waals surface area contributed by atoms with Gasteiger partial charge in [0.05, 0.1) is 18.7 Å². The summed E-state index contributed by atoms with van der Waals surface area (Å²) >= 11 is 1.40. The van der Waals surface area contributed by atoms with E-state index >= 15 is 0 Å². The number of nitrogens with two attached hydrogens (primary N) is 1. The van der Waals surface area contributed by atoms with E-state index in [-0.39, 0.29) is 12.4 Å². The molecule has 1 aromatic rings. The van der Waals surface area contributed by atoms with E-state index in [4.69, 9.17) is 10.5 Å². The summed E-state index contributed by atoms with van der Waals surface area (Å²) in [5, 5.41) is 13.8. The zero-order valence-corrected chi connectivity index (χ0v) is 15.7. The molecule has 0 unspecified atom stereocenters. The number of allylic oxidation sites excluding steroid dienone is 2. The molecule has 0 spiro atoms. The Bertz CT molecular complexity index is 883. The maximum atomic E-state index is 13.0. The van der Waals surface area contributed by atoms with Crippen LogP contribution in [0.2, 0.25) is 0 Å². The number of nitriles is 1. The van der Waals surface area contributed by atoms with E-state index in [1.165, 1.54) is 24.5 Å². The van der Waals surface area contributed by atoms with Crippen LogP contribution in [0, 0.1) is 16.7 Å². The number of primary amides is 1. The van der Waals surface area contributed by atoms with Gasteiger partial charge >= 0.3 is 5.97 Å². The molecule has 0 radical (unpaired) electrons. The molecule has 7 nitrogen and oxygen atoms in total. The molecule has 0 aliphatic carbocycles. The monoisotopic (exact) mass is 385 g/mol. The quantitative estimate of drug-likeness (QED) is 0.768. The molecule has 27 heavy (non-hydrogen) atoms. The number of rotatable bonds is 5. The molecule has 2 N–H and O–H groups in total. The number of amides is 1. The van der Waals surface area contributed by atoms with E-state index in [0.29, 0.717) is 11.1 Å². The fourth-order valence-electron chi connectivity index (χ4n) is 3.92. The Morgan fingerprint density at radius 3 is 2.70 bits per heavy atom. The van der Waals surface area contributed by atoms with Gasteiger partial charge in [-0.15, -0.1) is 0 Å². The van der Waals surface area contributed by atoms with Gasteiger partial charge in [0, 0.05) is 17.7 Å². The highest BCUT2D eigenvalue weighted by atomic mass is 32.1. The second-order valence-electron chi connectivity index (χ2n) is 6.47. The molecule has 2 aliphatic rings. The van der Waals surface area contributed by atoms with Crippen molar-refractivity contribution in [1.29, 1.82) is 5.26 Å². The molecular formula is C19H19N3O4S. The average molecular weight is 385 g/mol. The Kier molecular flexibility index (Phi) is 4.89.